The SMILES string of the molecule is Br.c1cnc2c(c1)CCCC2N(Cc1ccc(CNCc2cnccn2)cc1)Cc1nc2ccccc2[nH]1. The van der Waals surface area contributed by atoms with Crippen LogP contribution in [0.5, 0.6) is 0 Å². The van der Waals surface area contributed by atoms with Crippen LogP contribution in [-0.4, -0.2) is 29.8 Å². The van der Waals surface area contributed by atoms with Gasteiger partial charge in [-0.25, -0.2) is 4.98 Å². The van der Waals surface area contributed by atoms with Gasteiger partial charge in [-0.05, 0) is 54.2 Å². The molecule has 0 spiro atoms. The van der Waals surface area contributed by atoms with Crippen molar-refractivity contribution >= 4 is 28.0 Å². The lowest BCUT2D eigenvalue weighted by Gasteiger charge is -2.34. The Morgan fingerprint density at radius 2 is 1.74 bits per heavy atom. The number of hydrogen-bond donors (Lipinski definition) is 2. The molecule has 2 N–H and O–H groups in total. The first-order chi connectivity index (χ1) is 18.3. The maximum atomic E-state index is 4.88. The third kappa shape index (κ3) is 6.15. The van der Waals surface area contributed by atoms with Crippen LogP contribution in [0.25, 0.3) is 11.0 Å². The highest BCUT2D eigenvalue weighted by atomic mass is 79.9. The molecule has 1 aliphatic carbocycles. The van der Waals surface area contributed by atoms with Crippen LogP contribution in [0.3, 0.4) is 0 Å². The van der Waals surface area contributed by atoms with E-state index >= 15 is 0 Å². The van der Waals surface area contributed by atoms with Crippen LogP contribution in [0.15, 0.2) is 85.5 Å². The summed E-state index contributed by atoms with van der Waals surface area (Å²) in [5, 5.41) is 3.45. The van der Waals surface area contributed by atoms with Gasteiger partial charge < -0.3 is 10.3 Å². The van der Waals surface area contributed by atoms with Crippen molar-refractivity contribution in [1.82, 2.24) is 35.1 Å². The highest BCUT2D eigenvalue weighted by Gasteiger charge is 2.28. The number of halogens is 1. The average Bonchev–Trinajstić information content (AvgIpc) is 3.36. The Balaban J connectivity index is 0.00000294. The Morgan fingerprint density at radius 1 is 0.868 bits per heavy atom. The first kappa shape index (κ1) is 26.2. The number of para-hydroxylation sites is 2. The molecule has 38 heavy (non-hydrogen) atoms. The number of aromatic amines is 1. The summed E-state index contributed by atoms with van der Waals surface area (Å²) in [7, 11) is 0. The van der Waals surface area contributed by atoms with E-state index in [1.54, 1.807) is 18.6 Å². The van der Waals surface area contributed by atoms with E-state index in [0.717, 1.165) is 55.0 Å². The van der Waals surface area contributed by atoms with Gasteiger partial charge in [0.05, 0.1) is 35.0 Å². The Morgan fingerprint density at radius 3 is 2.58 bits per heavy atom. The summed E-state index contributed by atoms with van der Waals surface area (Å²) in [4.78, 5) is 24.2. The van der Waals surface area contributed by atoms with Crippen LogP contribution in [0.2, 0.25) is 0 Å². The third-order valence-electron chi connectivity index (χ3n) is 7.06. The number of imidazole rings is 1. The molecular weight excluding hydrogens is 538 g/mol. The van der Waals surface area contributed by atoms with E-state index < -0.39 is 0 Å². The van der Waals surface area contributed by atoms with E-state index in [0.29, 0.717) is 6.54 Å². The number of aromatic nitrogens is 5. The standard InChI is InChI=1S/C30H31N7.BrH/c1-2-8-27-26(7-1)35-29(36-27)21-37(28-9-3-5-24-6-4-14-34-30(24)28)20-23-12-10-22(11-13-23)17-32-19-25-18-31-15-16-33-25;/h1-2,4,6-8,10-16,18,28,32H,3,5,9,17,19-21H2,(H,35,36);1H. The van der Waals surface area contributed by atoms with E-state index in [4.69, 9.17) is 9.97 Å². The molecule has 194 valence electrons. The maximum Gasteiger partial charge on any atom is 0.121 e. The molecule has 1 aliphatic rings. The molecule has 0 amide bonds. The van der Waals surface area contributed by atoms with Gasteiger partial charge >= 0.3 is 0 Å². The van der Waals surface area contributed by atoms with Crippen LogP contribution in [0, 0.1) is 0 Å². The fourth-order valence-electron chi connectivity index (χ4n) is 5.24. The van der Waals surface area contributed by atoms with E-state index in [-0.39, 0.29) is 23.0 Å². The second-order valence-corrected chi connectivity index (χ2v) is 9.68. The maximum absolute atomic E-state index is 4.88. The number of rotatable bonds is 9. The zero-order valence-electron chi connectivity index (χ0n) is 21.3. The van der Waals surface area contributed by atoms with Crippen molar-refractivity contribution in [2.75, 3.05) is 0 Å². The number of nitrogens with zero attached hydrogens (tertiary/aromatic N) is 5. The molecule has 0 radical (unpaired) electrons. The van der Waals surface area contributed by atoms with Crippen molar-refractivity contribution in [2.45, 2.75) is 51.5 Å². The first-order valence-corrected chi connectivity index (χ1v) is 13.0. The van der Waals surface area contributed by atoms with Crippen LogP contribution < -0.4 is 5.32 Å². The summed E-state index contributed by atoms with van der Waals surface area (Å²) in [5.41, 5.74) is 8.17. The number of nitrogens with one attached hydrogen (secondary N) is 2. The predicted molar refractivity (Wildman–Crippen MR) is 155 cm³/mol. The molecule has 8 heteroatoms. The van der Waals surface area contributed by atoms with E-state index in [2.05, 4.69) is 73.7 Å². The van der Waals surface area contributed by atoms with Crippen LogP contribution in [-0.2, 0) is 32.6 Å². The van der Waals surface area contributed by atoms with Gasteiger partial charge in [0.1, 0.15) is 5.82 Å². The van der Waals surface area contributed by atoms with Crippen molar-refractivity contribution in [3.05, 3.63) is 119 Å². The topological polar surface area (TPSA) is 82.6 Å². The Bertz CT molecular complexity index is 1420. The monoisotopic (exact) mass is 569 g/mol. The zero-order chi connectivity index (χ0) is 24.9. The molecule has 1 unspecified atom stereocenters. The molecule has 5 aromatic rings. The van der Waals surface area contributed by atoms with Gasteiger partial charge in [0, 0.05) is 44.4 Å². The van der Waals surface area contributed by atoms with Crippen molar-refractivity contribution in [2.24, 2.45) is 0 Å². The Kier molecular flexibility index (Phi) is 8.53. The molecule has 0 fully saturated rings. The van der Waals surface area contributed by atoms with Crippen molar-refractivity contribution in [3.8, 4) is 0 Å². The molecule has 6 rings (SSSR count). The lowest BCUT2D eigenvalue weighted by molar-refractivity contribution is 0.153. The molecule has 0 aliphatic heterocycles. The number of fused-ring (bicyclic) bond motifs is 2. The van der Waals surface area contributed by atoms with Gasteiger partial charge in [0.25, 0.3) is 0 Å². The minimum atomic E-state index is 0. The largest absolute Gasteiger partial charge is 0.341 e. The van der Waals surface area contributed by atoms with Gasteiger partial charge in [-0.3, -0.25) is 19.9 Å². The number of hydrogen-bond acceptors (Lipinski definition) is 6. The van der Waals surface area contributed by atoms with Gasteiger partial charge in [0.2, 0.25) is 0 Å². The van der Waals surface area contributed by atoms with Crippen molar-refractivity contribution in [1.29, 1.82) is 0 Å². The molecule has 3 heterocycles. The summed E-state index contributed by atoms with van der Waals surface area (Å²) in [6.45, 7) is 3.08. The molecule has 0 saturated heterocycles. The predicted octanol–water partition coefficient (Wildman–Crippen LogP) is 5.70. The zero-order valence-corrected chi connectivity index (χ0v) is 23.0. The summed E-state index contributed by atoms with van der Waals surface area (Å²) in [6.07, 6.45) is 10.5. The van der Waals surface area contributed by atoms with Crippen molar-refractivity contribution < 1.29 is 0 Å². The van der Waals surface area contributed by atoms with Gasteiger partial charge in [-0.15, -0.1) is 17.0 Å². The van der Waals surface area contributed by atoms with Crippen molar-refractivity contribution in [3.63, 3.8) is 0 Å². The quantitative estimate of drug-likeness (QED) is 0.237. The van der Waals surface area contributed by atoms with Crippen LogP contribution in [0.1, 0.15) is 52.8 Å². The minimum Gasteiger partial charge on any atom is -0.341 e. The molecule has 0 bridgehead atoms. The molecule has 1 atom stereocenters. The molecule has 0 saturated carbocycles. The van der Waals surface area contributed by atoms with Gasteiger partial charge in [-0.1, -0.05) is 42.5 Å². The Labute approximate surface area is 233 Å². The van der Waals surface area contributed by atoms with Crippen LogP contribution in [0.4, 0.5) is 0 Å². The second-order valence-electron chi connectivity index (χ2n) is 9.68. The number of benzene rings is 2. The molecule has 3 aromatic heterocycles. The van der Waals surface area contributed by atoms with Gasteiger partial charge in [-0.2, -0.15) is 0 Å². The Hall–Kier alpha value is -3.46. The van der Waals surface area contributed by atoms with Crippen LogP contribution >= 0.6 is 17.0 Å². The van der Waals surface area contributed by atoms with E-state index in [1.807, 2.05) is 18.3 Å². The molecular formula is C30H32BrN7. The molecule has 2 aromatic carbocycles. The normalized spacial score (nSPS) is 14.8. The lowest BCUT2D eigenvalue weighted by Crippen LogP contribution is -2.31. The minimum absolute atomic E-state index is 0. The smallest absolute Gasteiger partial charge is 0.121 e. The average molecular weight is 571 g/mol. The lowest BCUT2D eigenvalue weighted by atomic mass is 9.90. The van der Waals surface area contributed by atoms with E-state index in [9.17, 15) is 0 Å². The first-order valence-electron chi connectivity index (χ1n) is 13.0. The second kappa shape index (κ2) is 12.4. The third-order valence-corrected chi connectivity index (χ3v) is 7.06. The van der Waals surface area contributed by atoms with Gasteiger partial charge in [0.15, 0.2) is 0 Å². The summed E-state index contributed by atoms with van der Waals surface area (Å²) >= 11 is 0. The fraction of sp³-hybridized carbons (Fsp3) is 0.267. The summed E-state index contributed by atoms with van der Waals surface area (Å²) < 4.78 is 0. The van der Waals surface area contributed by atoms with E-state index in [1.165, 1.54) is 28.8 Å². The summed E-state index contributed by atoms with van der Waals surface area (Å²) in [5.74, 6) is 0.995. The number of pyridine rings is 1. The number of aryl methyl sites for hydroxylation is 1. The summed E-state index contributed by atoms with van der Waals surface area (Å²) in [6, 6.07) is 21.7. The highest BCUT2D eigenvalue weighted by Crippen LogP contribution is 2.34. The molecule has 7 nitrogen and oxygen atoms in total. The highest BCUT2D eigenvalue weighted by molar-refractivity contribution is 8.93. The fourth-order valence-corrected chi connectivity index (χ4v) is 5.24. The number of H-pyrrole nitrogens is 1.